The number of rotatable bonds is 3. The van der Waals surface area contributed by atoms with Crippen LogP contribution in [0.2, 0.25) is 5.02 Å². The summed E-state index contributed by atoms with van der Waals surface area (Å²) in [6.07, 6.45) is 2.41. The Hall–Kier alpha value is -1.72. The fourth-order valence-electron chi connectivity index (χ4n) is 3.17. The molecule has 0 amide bonds. The molecule has 130 valence electrons. The third-order valence-corrected chi connectivity index (χ3v) is 5.83. The molecule has 2 heterocycles. The number of halogens is 1. The van der Waals surface area contributed by atoms with Gasteiger partial charge in [0.25, 0.3) is 0 Å². The molecule has 1 N–H and O–H groups in total. The van der Waals surface area contributed by atoms with E-state index in [1.54, 1.807) is 11.8 Å². The average Bonchev–Trinajstić information content (AvgIpc) is 3.34. The van der Waals surface area contributed by atoms with E-state index in [0.717, 1.165) is 21.6 Å². The number of hydrogen-bond donors (Lipinski definition) is 1. The van der Waals surface area contributed by atoms with Gasteiger partial charge in [-0.1, -0.05) is 23.4 Å². The van der Waals surface area contributed by atoms with Crippen molar-refractivity contribution in [3.05, 3.63) is 52.3 Å². The number of nitrogens with one attached hydrogen (secondary N) is 1. The first-order valence-corrected chi connectivity index (χ1v) is 9.82. The van der Waals surface area contributed by atoms with Crippen LogP contribution in [0.3, 0.4) is 0 Å². The molecular formula is C19H21ClN4S. The van der Waals surface area contributed by atoms with Crippen molar-refractivity contribution in [2.45, 2.75) is 44.9 Å². The second-order valence-electron chi connectivity index (χ2n) is 6.63. The SMILES string of the molecule is Cc1cc(C2=NNC(=NC3CC3)SC2C)c(C)n1-c1ccc(Cl)cc1. The van der Waals surface area contributed by atoms with Gasteiger partial charge in [0.15, 0.2) is 5.17 Å². The Morgan fingerprint density at radius 3 is 2.60 bits per heavy atom. The minimum Gasteiger partial charge on any atom is -0.318 e. The largest absolute Gasteiger partial charge is 0.318 e. The summed E-state index contributed by atoms with van der Waals surface area (Å²) in [4.78, 5) is 4.67. The number of aryl methyl sites for hydroxylation is 1. The second kappa shape index (κ2) is 6.54. The van der Waals surface area contributed by atoms with E-state index in [1.807, 2.05) is 24.3 Å². The summed E-state index contributed by atoms with van der Waals surface area (Å²) in [5, 5.41) is 6.62. The van der Waals surface area contributed by atoms with Crippen molar-refractivity contribution in [1.82, 2.24) is 9.99 Å². The lowest BCUT2D eigenvalue weighted by molar-refractivity contribution is 0.956. The minimum absolute atomic E-state index is 0.276. The van der Waals surface area contributed by atoms with E-state index in [9.17, 15) is 0 Å². The minimum atomic E-state index is 0.276. The van der Waals surface area contributed by atoms with Crippen molar-refractivity contribution in [3.8, 4) is 5.69 Å². The number of hydrogen-bond acceptors (Lipinski definition) is 3. The Morgan fingerprint density at radius 1 is 1.24 bits per heavy atom. The van der Waals surface area contributed by atoms with Crippen LogP contribution in [0.15, 0.2) is 40.4 Å². The zero-order chi connectivity index (χ0) is 17.6. The average molecular weight is 373 g/mol. The van der Waals surface area contributed by atoms with E-state index < -0.39 is 0 Å². The lowest BCUT2D eigenvalue weighted by atomic mass is 10.1. The number of aromatic nitrogens is 1. The normalized spacial score (nSPS) is 22.0. The van der Waals surface area contributed by atoms with Crippen LogP contribution < -0.4 is 5.43 Å². The smallest absolute Gasteiger partial charge is 0.178 e. The first-order chi connectivity index (χ1) is 12.0. The molecular weight excluding hydrogens is 352 g/mol. The molecule has 0 saturated heterocycles. The molecule has 6 heteroatoms. The summed E-state index contributed by atoms with van der Waals surface area (Å²) in [6.45, 7) is 6.46. The van der Waals surface area contributed by atoms with Gasteiger partial charge in [0.05, 0.1) is 17.0 Å². The van der Waals surface area contributed by atoms with E-state index in [-0.39, 0.29) is 5.25 Å². The molecule has 2 aliphatic rings. The lowest BCUT2D eigenvalue weighted by Crippen LogP contribution is -2.31. The van der Waals surface area contributed by atoms with Crippen LogP contribution in [0.1, 0.15) is 36.7 Å². The first-order valence-electron chi connectivity index (χ1n) is 8.56. The maximum Gasteiger partial charge on any atom is 0.178 e. The third kappa shape index (κ3) is 3.35. The Balaban J connectivity index is 1.68. The quantitative estimate of drug-likeness (QED) is 0.848. The van der Waals surface area contributed by atoms with Crippen LogP contribution in [0.5, 0.6) is 0 Å². The van der Waals surface area contributed by atoms with Gasteiger partial charge in [-0.2, -0.15) is 5.10 Å². The van der Waals surface area contributed by atoms with Crippen molar-refractivity contribution >= 4 is 34.2 Å². The molecule has 1 fully saturated rings. The fraction of sp³-hybridized carbons (Fsp3) is 0.368. The zero-order valence-electron chi connectivity index (χ0n) is 14.6. The highest BCUT2D eigenvalue weighted by atomic mass is 35.5. The maximum atomic E-state index is 6.03. The lowest BCUT2D eigenvalue weighted by Gasteiger charge is -2.21. The van der Waals surface area contributed by atoms with E-state index in [2.05, 4.69) is 46.9 Å². The van der Waals surface area contributed by atoms with E-state index >= 15 is 0 Å². The van der Waals surface area contributed by atoms with Gasteiger partial charge in [0, 0.05) is 27.7 Å². The van der Waals surface area contributed by atoms with Gasteiger partial charge >= 0.3 is 0 Å². The maximum absolute atomic E-state index is 6.03. The second-order valence-corrected chi connectivity index (χ2v) is 8.40. The number of hydrazone groups is 1. The van der Waals surface area contributed by atoms with Gasteiger partial charge in [0.2, 0.25) is 0 Å². The van der Waals surface area contributed by atoms with Crippen LogP contribution in [-0.4, -0.2) is 26.7 Å². The molecule has 1 saturated carbocycles. The van der Waals surface area contributed by atoms with Gasteiger partial charge in [-0.05, 0) is 63.9 Å². The van der Waals surface area contributed by atoms with Crippen molar-refractivity contribution in [1.29, 1.82) is 0 Å². The van der Waals surface area contributed by atoms with Gasteiger partial charge in [0.1, 0.15) is 0 Å². The summed E-state index contributed by atoms with van der Waals surface area (Å²) in [7, 11) is 0. The van der Waals surface area contributed by atoms with Gasteiger partial charge in [-0.3, -0.25) is 10.4 Å². The molecule has 4 nitrogen and oxygen atoms in total. The van der Waals surface area contributed by atoms with Crippen LogP contribution in [0.4, 0.5) is 0 Å². The predicted molar refractivity (Wildman–Crippen MR) is 107 cm³/mol. The Labute approximate surface area is 157 Å². The van der Waals surface area contributed by atoms with Crippen LogP contribution in [-0.2, 0) is 0 Å². The summed E-state index contributed by atoms with van der Waals surface area (Å²) >= 11 is 7.79. The van der Waals surface area contributed by atoms with Crippen LogP contribution >= 0.6 is 23.4 Å². The predicted octanol–water partition coefficient (Wildman–Crippen LogP) is 4.69. The number of benzene rings is 1. The topological polar surface area (TPSA) is 41.7 Å². The highest BCUT2D eigenvalue weighted by Crippen LogP contribution is 2.30. The van der Waals surface area contributed by atoms with Crippen LogP contribution in [0.25, 0.3) is 5.69 Å². The molecule has 0 spiro atoms. The highest BCUT2D eigenvalue weighted by Gasteiger charge is 2.27. The van der Waals surface area contributed by atoms with Crippen molar-refractivity contribution in [2.24, 2.45) is 10.1 Å². The number of thioether (sulfide) groups is 1. The Bertz CT molecular complexity index is 862. The summed E-state index contributed by atoms with van der Waals surface area (Å²) in [5.74, 6) is 0. The van der Waals surface area contributed by atoms with Crippen molar-refractivity contribution < 1.29 is 0 Å². The first kappa shape index (κ1) is 16.7. The zero-order valence-corrected chi connectivity index (χ0v) is 16.2. The molecule has 1 unspecified atom stereocenters. The van der Waals surface area contributed by atoms with Crippen molar-refractivity contribution in [3.63, 3.8) is 0 Å². The van der Waals surface area contributed by atoms with Crippen LogP contribution in [0, 0.1) is 13.8 Å². The van der Waals surface area contributed by atoms with E-state index in [0.29, 0.717) is 6.04 Å². The fourth-order valence-corrected chi connectivity index (χ4v) is 4.23. The van der Waals surface area contributed by atoms with Crippen molar-refractivity contribution in [2.75, 3.05) is 0 Å². The molecule has 1 aliphatic carbocycles. The Morgan fingerprint density at radius 2 is 1.96 bits per heavy atom. The standard InChI is InChI=1S/C19H21ClN4S/c1-11-10-17(12(2)24(11)16-8-4-14(20)5-9-16)18-13(3)25-19(23-22-18)21-15-6-7-15/h4-5,8-10,13,15H,6-7H2,1-3H3,(H,21,23). The summed E-state index contributed by atoms with van der Waals surface area (Å²) in [6, 6.07) is 10.7. The van der Waals surface area contributed by atoms with Gasteiger partial charge < -0.3 is 4.57 Å². The number of aliphatic imine (C=N–C) groups is 1. The molecule has 2 aromatic rings. The summed E-state index contributed by atoms with van der Waals surface area (Å²) < 4.78 is 2.25. The number of nitrogens with zero attached hydrogens (tertiary/aromatic N) is 3. The molecule has 4 rings (SSSR count). The molecule has 0 radical (unpaired) electrons. The molecule has 0 bridgehead atoms. The molecule has 1 aromatic heterocycles. The number of amidine groups is 1. The Kier molecular flexibility index (Phi) is 4.38. The monoisotopic (exact) mass is 372 g/mol. The van der Waals surface area contributed by atoms with E-state index in [1.165, 1.54) is 29.8 Å². The molecule has 25 heavy (non-hydrogen) atoms. The van der Waals surface area contributed by atoms with Gasteiger partial charge in [-0.15, -0.1) is 0 Å². The summed E-state index contributed by atoms with van der Waals surface area (Å²) in [5.41, 5.74) is 8.90. The molecule has 1 aliphatic heterocycles. The highest BCUT2D eigenvalue weighted by molar-refractivity contribution is 8.15. The van der Waals surface area contributed by atoms with Gasteiger partial charge in [-0.25, -0.2) is 0 Å². The van der Waals surface area contributed by atoms with E-state index in [4.69, 9.17) is 11.6 Å². The molecule has 1 aromatic carbocycles. The molecule has 1 atom stereocenters. The third-order valence-electron chi connectivity index (χ3n) is 4.58.